The highest BCUT2D eigenvalue weighted by molar-refractivity contribution is 8.00. The second-order valence-corrected chi connectivity index (χ2v) is 8.83. The van der Waals surface area contributed by atoms with Crippen molar-refractivity contribution in [2.45, 2.75) is 31.2 Å². The van der Waals surface area contributed by atoms with Crippen molar-refractivity contribution in [3.8, 4) is 0 Å². The Morgan fingerprint density at radius 3 is 2.73 bits per heavy atom. The summed E-state index contributed by atoms with van der Waals surface area (Å²) in [4.78, 5) is 61.6. The Morgan fingerprint density at radius 1 is 1.30 bits per heavy atom. The van der Waals surface area contributed by atoms with Gasteiger partial charge in [-0.2, -0.15) is 0 Å². The number of β-lactam (4-membered cyclic amide) rings is 1. The van der Waals surface area contributed by atoms with Gasteiger partial charge in [0.15, 0.2) is 5.92 Å². The van der Waals surface area contributed by atoms with Gasteiger partial charge in [-0.15, -0.1) is 11.8 Å². The Labute approximate surface area is 191 Å². The largest absolute Gasteiger partial charge is 0.480 e. The van der Waals surface area contributed by atoms with Gasteiger partial charge in [-0.05, 0) is 35.6 Å². The summed E-state index contributed by atoms with van der Waals surface area (Å²) < 4.78 is 9.99. The van der Waals surface area contributed by atoms with Crippen LogP contribution in [0.4, 0.5) is 0 Å². The monoisotopic (exact) mass is 476 g/mol. The van der Waals surface area contributed by atoms with E-state index < -0.39 is 47.1 Å². The van der Waals surface area contributed by atoms with E-state index in [9.17, 15) is 34.2 Å². The minimum atomic E-state index is -1.49. The first kappa shape index (κ1) is 22.6. The zero-order chi connectivity index (χ0) is 23.9. The summed E-state index contributed by atoms with van der Waals surface area (Å²) in [6, 6.07) is -1.07. The number of carbonyl (C=O) groups is 5. The Bertz CT molecular complexity index is 1090. The first-order chi connectivity index (χ1) is 15.7. The minimum absolute atomic E-state index is 0.173. The maximum Gasteiger partial charge on any atom is 0.352 e. The molecule has 1 saturated heterocycles. The maximum atomic E-state index is 13.0. The molecular formula is C21H20N2O9S. The summed E-state index contributed by atoms with van der Waals surface area (Å²) in [5, 5.41) is 21.2. The molecule has 12 heteroatoms. The van der Waals surface area contributed by atoms with Gasteiger partial charge >= 0.3 is 17.9 Å². The average Bonchev–Trinajstić information content (AvgIpc) is 3.18. The van der Waals surface area contributed by atoms with Crippen LogP contribution in [0.5, 0.6) is 0 Å². The van der Waals surface area contributed by atoms with Crippen LogP contribution in [0.25, 0.3) is 0 Å². The first-order valence-corrected chi connectivity index (χ1v) is 11.1. The molecule has 0 saturated carbocycles. The van der Waals surface area contributed by atoms with Gasteiger partial charge in [-0.1, -0.05) is 0 Å². The first-order valence-electron chi connectivity index (χ1n) is 10.0. The summed E-state index contributed by atoms with van der Waals surface area (Å²) in [5.41, 5.74) is 1.86. The van der Waals surface area contributed by atoms with Crippen LogP contribution in [-0.4, -0.2) is 68.6 Å². The number of nitrogens with one attached hydrogen (secondary N) is 1. The van der Waals surface area contributed by atoms with Crippen LogP contribution in [0.3, 0.4) is 0 Å². The fraction of sp³-hybridized carbons (Fsp3) is 0.381. The Morgan fingerprint density at radius 2 is 2.06 bits per heavy atom. The number of rotatable bonds is 7. The normalized spacial score (nSPS) is 24.2. The molecule has 2 amide bonds. The van der Waals surface area contributed by atoms with Crippen molar-refractivity contribution in [2.75, 3.05) is 12.4 Å². The number of allylic oxidation sites excluding steroid dienone is 3. The van der Waals surface area contributed by atoms with Crippen molar-refractivity contribution in [1.82, 2.24) is 10.2 Å². The third-order valence-electron chi connectivity index (χ3n) is 5.73. The number of thioether (sulfide) groups is 1. The highest BCUT2D eigenvalue weighted by Crippen LogP contribution is 2.42. The number of ether oxygens (including phenoxy) is 2. The number of fused-ring (bicyclic) bond motifs is 2. The maximum absolute atomic E-state index is 13.0. The van der Waals surface area contributed by atoms with E-state index in [1.54, 1.807) is 6.08 Å². The Balaban J connectivity index is 1.53. The molecule has 4 aliphatic rings. The molecule has 3 heterocycles. The lowest BCUT2D eigenvalue weighted by Gasteiger charge is -2.49. The van der Waals surface area contributed by atoms with Gasteiger partial charge in [-0.25, -0.2) is 4.79 Å². The number of nitrogens with zero attached hydrogens (tertiary/aromatic N) is 1. The smallest absolute Gasteiger partial charge is 0.352 e. The number of carboxylic acids is 2. The van der Waals surface area contributed by atoms with E-state index in [0.29, 0.717) is 24.0 Å². The summed E-state index contributed by atoms with van der Waals surface area (Å²) in [7, 11) is 0. The van der Waals surface area contributed by atoms with Crippen molar-refractivity contribution < 1.29 is 43.7 Å². The van der Waals surface area contributed by atoms with E-state index in [1.165, 1.54) is 31.2 Å². The molecule has 4 rings (SSSR count). The van der Waals surface area contributed by atoms with E-state index in [4.69, 9.17) is 9.47 Å². The molecule has 0 aromatic heterocycles. The van der Waals surface area contributed by atoms with E-state index >= 15 is 0 Å². The number of carbonyl (C=O) groups excluding carboxylic acids is 3. The van der Waals surface area contributed by atoms with Crippen molar-refractivity contribution in [3.05, 3.63) is 46.6 Å². The van der Waals surface area contributed by atoms with Crippen LogP contribution in [0, 0.1) is 5.92 Å². The molecule has 174 valence electrons. The van der Waals surface area contributed by atoms with Crippen LogP contribution >= 0.6 is 11.8 Å². The zero-order valence-electron chi connectivity index (χ0n) is 17.4. The average molecular weight is 476 g/mol. The minimum Gasteiger partial charge on any atom is -0.480 e. The van der Waals surface area contributed by atoms with Gasteiger partial charge in [0.2, 0.25) is 5.91 Å². The fourth-order valence-corrected chi connectivity index (χ4v) is 5.58. The summed E-state index contributed by atoms with van der Waals surface area (Å²) in [5.74, 6) is -6.10. The number of hydrogen-bond acceptors (Lipinski definition) is 8. The van der Waals surface area contributed by atoms with E-state index in [2.05, 4.69) is 5.32 Å². The molecule has 0 aromatic rings. The third kappa shape index (κ3) is 4.01. The standard InChI is InChI=1S/C21H20N2O9S/c1-9(24)32-7-11-8-33-19-15(18(26)23(19)16(11)21(29)30)22-17(25)14(20(27)28)13-3-2-10-6-31-5-4-12(10)13/h4-6,14-15,19H,2-3,7-8H2,1H3,(H,22,25)(H,27,28)(H,29,30). The van der Waals surface area contributed by atoms with Crippen molar-refractivity contribution in [3.63, 3.8) is 0 Å². The van der Waals surface area contributed by atoms with Gasteiger partial charge in [0.05, 0.1) is 12.5 Å². The summed E-state index contributed by atoms with van der Waals surface area (Å²) in [6.45, 7) is 0.928. The van der Waals surface area contributed by atoms with Crippen LogP contribution < -0.4 is 5.32 Å². The second-order valence-electron chi connectivity index (χ2n) is 7.73. The van der Waals surface area contributed by atoms with E-state index in [1.807, 2.05) is 0 Å². The highest BCUT2D eigenvalue weighted by Gasteiger charge is 2.55. The van der Waals surface area contributed by atoms with Crippen molar-refractivity contribution >= 4 is 41.5 Å². The SMILES string of the molecule is CC(=O)OCC1=C(C(=O)O)N2C(=O)C(NC(=O)C(C(=O)O)C3=C4C=COC=C4CC3)C2SC1. The van der Waals surface area contributed by atoms with Gasteiger partial charge in [-0.3, -0.25) is 24.1 Å². The van der Waals surface area contributed by atoms with Gasteiger partial charge in [0.1, 0.15) is 23.7 Å². The molecule has 0 spiro atoms. The summed E-state index contributed by atoms with van der Waals surface area (Å²) >= 11 is 1.20. The molecule has 33 heavy (non-hydrogen) atoms. The molecule has 3 unspecified atom stereocenters. The van der Waals surface area contributed by atoms with Crippen LogP contribution in [0.15, 0.2) is 46.6 Å². The second kappa shape index (κ2) is 8.77. The molecule has 1 aliphatic carbocycles. The lowest BCUT2D eigenvalue weighted by molar-refractivity contribution is -0.153. The van der Waals surface area contributed by atoms with E-state index in [0.717, 1.165) is 10.5 Å². The lowest BCUT2D eigenvalue weighted by Crippen LogP contribution is -2.71. The van der Waals surface area contributed by atoms with Gasteiger partial charge in [0.25, 0.3) is 5.91 Å². The number of carboxylic acid groups (broad SMARTS) is 2. The molecule has 3 N–H and O–H groups in total. The van der Waals surface area contributed by atoms with Crippen molar-refractivity contribution in [1.29, 1.82) is 0 Å². The Hall–Kier alpha value is -3.54. The number of amides is 2. The number of hydrogen-bond donors (Lipinski definition) is 3. The third-order valence-corrected chi connectivity index (χ3v) is 7.07. The zero-order valence-corrected chi connectivity index (χ0v) is 18.2. The predicted octanol–water partition coefficient (Wildman–Crippen LogP) is 0.507. The van der Waals surface area contributed by atoms with Gasteiger partial charge in [0, 0.05) is 18.2 Å². The highest BCUT2D eigenvalue weighted by atomic mass is 32.2. The molecule has 3 atom stereocenters. The predicted molar refractivity (Wildman–Crippen MR) is 112 cm³/mol. The molecule has 0 radical (unpaired) electrons. The fourth-order valence-electron chi connectivity index (χ4n) is 4.25. The lowest BCUT2D eigenvalue weighted by atomic mass is 9.93. The van der Waals surface area contributed by atoms with Crippen molar-refractivity contribution in [2.24, 2.45) is 5.92 Å². The van der Waals surface area contributed by atoms with Crippen LogP contribution in [-0.2, 0) is 33.4 Å². The number of esters is 1. The number of aliphatic carboxylic acids is 2. The Kier molecular flexibility index (Phi) is 6.02. The topological polar surface area (TPSA) is 160 Å². The molecule has 3 aliphatic heterocycles. The quantitative estimate of drug-likeness (QED) is 0.268. The molecular weight excluding hydrogens is 456 g/mol. The van der Waals surface area contributed by atoms with Crippen LogP contribution in [0.2, 0.25) is 0 Å². The molecule has 1 fully saturated rings. The van der Waals surface area contributed by atoms with Gasteiger partial charge < -0.3 is 25.0 Å². The van der Waals surface area contributed by atoms with E-state index in [-0.39, 0.29) is 23.6 Å². The summed E-state index contributed by atoms with van der Waals surface area (Å²) in [6.07, 6.45) is 5.44. The molecule has 0 bridgehead atoms. The molecule has 11 nitrogen and oxygen atoms in total. The van der Waals surface area contributed by atoms with Crippen LogP contribution in [0.1, 0.15) is 19.8 Å². The molecule has 0 aromatic carbocycles.